The Kier molecular flexibility index (Phi) is 7.19. The van der Waals surface area contributed by atoms with Gasteiger partial charge in [-0.3, -0.25) is 15.0 Å². The number of amides is 2. The van der Waals surface area contributed by atoms with Crippen LogP contribution in [0.15, 0.2) is 30.3 Å². The Morgan fingerprint density at radius 3 is 2.29 bits per heavy atom. The topological polar surface area (TPSA) is 111 Å². The van der Waals surface area contributed by atoms with Crippen molar-refractivity contribution < 1.29 is 23.9 Å². The lowest BCUT2D eigenvalue weighted by molar-refractivity contribution is -0.147. The maximum Gasteiger partial charge on any atom is 0.422 e. The van der Waals surface area contributed by atoms with Crippen LogP contribution in [0.25, 0.3) is 0 Å². The average molecular weight is 337 g/mol. The molecule has 8 heteroatoms. The Morgan fingerprint density at radius 2 is 1.75 bits per heavy atom. The summed E-state index contributed by atoms with van der Waals surface area (Å²) >= 11 is 0. The summed E-state index contributed by atoms with van der Waals surface area (Å²) < 4.78 is 10.2. The van der Waals surface area contributed by atoms with Crippen molar-refractivity contribution in [3.05, 3.63) is 35.9 Å². The predicted molar refractivity (Wildman–Crippen MR) is 86.4 cm³/mol. The smallest absolute Gasteiger partial charge is 0.422 e. The highest BCUT2D eigenvalue weighted by Gasteiger charge is 2.21. The Balaban J connectivity index is 2.53. The third kappa shape index (κ3) is 8.74. The lowest BCUT2D eigenvalue weighted by Gasteiger charge is -2.24. The Hall–Kier alpha value is -2.61. The molecular weight excluding hydrogens is 314 g/mol. The van der Waals surface area contributed by atoms with Crippen molar-refractivity contribution in [2.75, 3.05) is 13.1 Å². The molecule has 8 nitrogen and oxygen atoms in total. The van der Waals surface area contributed by atoms with Gasteiger partial charge in [-0.05, 0) is 26.3 Å². The lowest BCUT2D eigenvalue weighted by Crippen LogP contribution is -2.50. The van der Waals surface area contributed by atoms with E-state index in [1.807, 2.05) is 30.3 Å². The first kappa shape index (κ1) is 19.4. The van der Waals surface area contributed by atoms with Gasteiger partial charge in [-0.15, -0.1) is 0 Å². The van der Waals surface area contributed by atoms with E-state index >= 15 is 0 Å². The fraction of sp³-hybridized carbons (Fsp3) is 0.438. The molecule has 0 saturated carbocycles. The zero-order valence-corrected chi connectivity index (χ0v) is 14.1. The van der Waals surface area contributed by atoms with Crippen LogP contribution in [0.5, 0.6) is 0 Å². The summed E-state index contributed by atoms with van der Waals surface area (Å²) in [6.45, 7) is 4.49. The predicted octanol–water partition coefficient (Wildman–Crippen LogP) is 0.957. The molecular formula is C16H23N3O5. The number of hydrazine groups is 1. The molecule has 132 valence electrons. The molecule has 0 fully saturated rings. The summed E-state index contributed by atoms with van der Waals surface area (Å²) in [7, 11) is 0. The zero-order valence-electron chi connectivity index (χ0n) is 14.1. The summed E-state index contributed by atoms with van der Waals surface area (Å²) in [5.41, 5.74) is 7.53. The minimum atomic E-state index is -0.792. The molecule has 1 aromatic rings. The molecule has 0 bridgehead atoms. The van der Waals surface area contributed by atoms with Gasteiger partial charge in [0.1, 0.15) is 18.8 Å². The summed E-state index contributed by atoms with van der Waals surface area (Å²) in [4.78, 5) is 34.7. The van der Waals surface area contributed by atoms with E-state index in [9.17, 15) is 14.4 Å². The second-order valence-corrected chi connectivity index (χ2v) is 6.08. The highest BCUT2D eigenvalue weighted by atomic mass is 16.6. The molecule has 0 atom stereocenters. The number of benzene rings is 1. The first-order chi connectivity index (χ1) is 11.2. The van der Waals surface area contributed by atoms with E-state index in [2.05, 4.69) is 5.43 Å². The number of nitrogens with one attached hydrogen (secondary N) is 1. The van der Waals surface area contributed by atoms with Crippen molar-refractivity contribution in [2.24, 2.45) is 5.73 Å². The van der Waals surface area contributed by atoms with Crippen LogP contribution in [0.4, 0.5) is 4.79 Å². The number of rotatable bonds is 7. The number of carbonyl (C=O) groups is 3. The van der Waals surface area contributed by atoms with E-state index in [1.165, 1.54) is 0 Å². The third-order valence-electron chi connectivity index (χ3n) is 2.56. The minimum absolute atomic E-state index is 0.0938. The van der Waals surface area contributed by atoms with Gasteiger partial charge in [-0.2, -0.15) is 5.01 Å². The first-order valence-electron chi connectivity index (χ1n) is 7.38. The lowest BCUT2D eigenvalue weighted by atomic mass is 10.2. The van der Waals surface area contributed by atoms with E-state index in [-0.39, 0.29) is 19.7 Å². The Bertz CT molecular complexity index is 569. The molecule has 0 saturated heterocycles. The Labute approximate surface area is 140 Å². The van der Waals surface area contributed by atoms with Crippen molar-refractivity contribution in [1.82, 2.24) is 10.4 Å². The van der Waals surface area contributed by atoms with E-state index in [0.29, 0.717) is 0 Å². The van der Waals surface area contributed by atoms with Gasteiger partial charge in [0.2, 0.25) is 5.91 Å². The van der Waals surface area contributed by atoms with E-state index in [0.717, 1.165) is 10.6 Å². The molecule has 0 heterocycles. The van der Waals surface area contributed by atoms with Gasteiger partial charge in [0.05, 0.1) is 6.54 Å². The van der Waals surface area contributed by atoms with Crippen LogP contribution in [0.2, 0.25) is 0 Å². The van der Waals surface area contributed by atoms with Gasteiger partial charge >= 0.3 is 12.1 Å². The van der Waals surface area contributed by atoms with E-state index in [4.69, 9.17) is 15.2 Å². The summed E-state index contributed by atoms with van der Waals surface area (Å²) in [6.07, 6.45) is -0.792. The molecule has 0 radical (unpaired) electrons. The number of nitrogens with zero attached hydrogens (tertiary/aromatic N) is 1. The van der Waals surface area contributed by atoms with Crippen molar-refractivity contribution in [2.45, 2.75) is 33.0 Å². The van der Waals surface area contributed by atoms with Gasteiger partial charge in [-0.25, -0.2) is 4.79 Å². The summed E-state index contributed by atoms with van der Waals surface area (Å²) in [6, 6.07) is 9.13. The number of primary amides is 1. The molecule has 24 heavy (non-hydrogen) atoms. The SMILES string of the molecule is CC(C)(C)OC(=O)NN(CC(N)=O)CC(=O)OCc1ccccc1. The number of carbonyl (C=O) groups excluding carboxylic acids is 3. The molecule has 0 aliphatic rings. The maximum absolute atomic E-state index is 11.9. The van der Waals surface area contributed by atoms with Crippen molar-refractivity contribution in [3.8, 4) is 0 Å². The molecule has 0 spiro atoms. The van der Waals surface area contributed by atoms with Gasteiger partial charge in [0.25, 0.3) is 0 Å². The zero-order chi connectivity index (χ0) is 18.2. The summed E-state index contributed by atoms with van der Waals surface area (Å²) in [5, 5.41) is 1.05. The van der Waals surface area contributed by atoms with Gasteiger partial charge in [-0.1, -0.05) is 30.3 Å². The molecule has 0 aromatic heterocycles. The van der Waals surface area contributed by atoms with Gasteiger partial charge in [0, 0.05) is 0 Å². The molecule has 1 rings (SSSR count). The number of esters is 1. The fourth-order valence-corrected chi connectivity index (χ4v) is 1.69. The monoisotopic (exact) mass is 337 g/mol. The first-order valence-corrected chi connectivity index (χ1v) is 7.38. The van der Waals surface area contributed by atoms with Gasteiger partial charge in [0.15, 0.2) is 0 Å². The second kappa shape index (κ2) is 8.88. The largest absolute Gasteiger partial charge is 0.460 e. The standard InChI is InChI=1S/C16H23N3O5/c1-16(2,3)24-15(22)18-19(9-13(17)20)10-14(21)23-11-12-7-5-4-6-8-12/h4-8H,9-11H2,1-3H3,(H2,17,20)(H,18,22). The molecule has 3 N–H and O–H groups in total. The van der Waals surface area contributed by atoms with E-state index < -0.39 is 23.6 Å². The number of hydrogen-bond acceptors (Lipinski definition) is 6. The van der Waals surface area contributed by atoms with Crippen LogP contribution >= 0.6 is 0 Å². The normalized spacial score (nSPS) is 11.0. The highest BCUT2D eigenvalue weighted by Crippen LogP contribution is 2.07. The number of nitrogens with two attached hydrogens (primary N) is 1. The minimum Gasteiger partial charge on any atom is -0.460 e. The summed E-state index contributed by atoms with van der Waals surface area (Å²) in [5.74, 6) is -1.32. The molecule has 0 aliphatic heterocycles. The van der Waals surface area contributed by atoms with Crippen LogP contribution in [0.1, 0.15) is 26.3 Å². The number of ether oxygens (including phenoxy) is 2. The molecule has 0 unspecified atom stereocenters. The Morgan fingerprint density at radius 1 is 1.12 bits per heavy atom. The fourth-order valence-electron chi connectivity index (χ4n) is 1.69. The second-order valence-electron chi connectivity index (χ2n) is 6.08. The molecule has 1 aromatic carbocycles. The van der Waals surface area contributed by atoms with Crippen LogP contribution in [-0.4, -0.2) is 41.7 Å². The van der Waals surface area contributed by atoms with Crippen LogP contribution in [0, 0.1) is 0 Å². The third-order valence-corrected chi connectivity index (χ3v) is 2.56. The maximum atomic E-state index is 11.9. The van der Waals surface area contributed by atoms with Crippen molar-refractivity contribution in [1.29, 1.82) is 0 Å². The molecule has 0 aliphatic carbocycles. The quantitative estimate of drug-likeness (QED) is 0.566. The number of hydrogen-bond donors (Lipinski definition) is 2. The molecule has 2 amide bonds. The van der Waals surface area contributed by atoms with Crippen LogP contribution < -0.4 is 11.2 Å². The highest BCUT2D eigenvalue weighted by molar-refractivity contribution is 5.78. The van der Waals surface area contributed by atoms with Crippen molar-refractivity contribution in [3.63, 3.8) is 0 Å². The van der Waals surface area contributed by atoms with Crippen LogP contribution in [0.3, 0.4) is 0 Å². The van der Waals surface area contributed by atoms with E-state index in [1.54, 1.807) is 20.8 Å². The van der Waals surface area contributed by atoms with Crippen LogP contribution in [-0.2, 0) is 25.7 Å². The van der Waals surface area contributed by atoms with Crippen molar-refractivity contribution >= 4 is 18.0 Å². The van der Waals surface area contributed by atoms with Gasteiger partial charge < -0.3 is 15.2 Å². The average Bonchev–Trinajstić information content (AvgIpc) is 2.43.